The van der Waals surface area contributed by atoms with Gasteiger partial charge in [0.2, 0.25) is 5.91 Å². The number of hydrogen-bond donors (Lipinski definition) is 2. The lowest BCUT2D eigenvalue weighted by Gasteiger charge is -2.27. The predicted molar refractivity (Wildman–Crippen MR) is 110 cm³/mol. The number of hydrogen-bond acceptors (Lipinski definition) is 6. The van der Waals surface area contributed by atoms with E-state index in [-0.39, 0.29) is 30.1 Å². The minimum absolute atomic E-state index is 0.0299. The van der Waals surface area contributed by atoms with Crippen molar-refractivity contribution in [3.63, 3.8) is 0 Å². The van der Waals surface area contributed by atoms with Crippen molar-refractivity contribution in [2.24, 2.45) is 0 Å². The van der Waals surface area contributed by atoms with E-state index in [1.807, 2.05) is 44.2 Å². The quantitative estimate of drug-likeness (QED) is 0.510. The number of esters is 1. The number of thioether (sulfide) groups is 1. The lowest BCUT2D eigenvalue weighted by molar-refractivity contribution is -0.146. The standard InChI is InChI=1S/C20H30N2O5S/c1-5-27-20(26)17(21-15(4)19(24)25)12-28-13-18(23)22(14(2)3)11-16-9-7-6-8-10-16/h6-10,14-15,17,21H,5,11-13H2,1-4H3,(H,24,25)/t15-,17?/m0/s1. The molecule has 0 aromatic heterocycles. The summed E-state index contributed by atoms with van der Waals surface area (Å²) in [5, 5.41) is 11.8. The highest BCUT2D eigenvalue weighted by atomic mass is 32.2. The molecule has 2 atom stereocenters. The molecule has 1 aromatic carbocycles. The first-order valence-electron chi connectivity index (χ1n) is 9.32. The highest BCUT2D eigenvalue weighted by Crippen LogP contribution is 2.13. The van der Waals surface area contributed by atoms with Crippen molar-refractivity contribution < 1.29 is 24.2 Å². The number of carboxylic acid groups (broad SMARTS) is 1. The van der Waals surface area contributed by atoms with Crippen LogP contribution in [0.3, 0.4) is 0 Å². The number of carbonyl (C=O) groups is 3. The van der Waals surface area contributed by atoms with Gasteiger partial charge in [0, 0.05) is 18.3 Å². The normalized spacial score (nSPS) is 13.0. The Morgan fingerprint density at radius 3 is 2.36 bits per heavy atom. The number of nitrogens with one attached hydrogen (secondary N) is 1. The van der Waals surface area contributed by atoms with Crippen LogP contribution in [0.5, 0.6) is 0 Å². The number of carboxylic acids is 1. The van der Waals surface area contributed by atoms with E-state index in [1.54, 1.807) is 11.8 Å². The van der Waals surface area contributed by atoms with Gasteiger partial charge in [0.1, 0.15) is 12.1 Å². The van der Waals surface area contributed by atoms with Crippen LogP contribution in [0.25, 0.3) is 0 Å². The number of aliphatic carboxylic acids is 1. The van der Waals surface area contributed by atoms with Crippen molar-refractivity contribution in [3.8, 4) is 0 Å². The smallest absolute Gasteiger partial charge is 0.324 e. The average molecular weight is 411 g/mol. The number of carbonyl (C=O) groups excluding carboxylic acids is 2. The summed E-state index contributed by atoms with van der Waals surface area (Å²) in [5.41, 5.74) is 1.05. The first kappa shape index (κ1) is 24.0. The fourth-order valence-electron chi connectivity index (χ4n) is 2.49. The van der Waals surface area contributed by atoms with E-state index < -0.39 is 24.0 Å². The number of ether oxygens (including phenoxy) is 1. The molecule has 0 aliphatic rings. The molecule has 1 unspecified atom stereocenters. The van der Waals surface area contributed by atoms with Crippen LogP contribution in [0.4, 0.5) is 0 Å². The molecule has 0 radical (unpaired) electrons. The molecule has 1 aromatic rings. The van der Waals surface area contributed by atoms with Gasteiger partial charge in [-0.15, -0.1) is 11.8 Å². The molecule has 28 heavy (non-hydrogen) atoms. The SMILES string of the molecule is CCOC(=O)C(CSCC(=O)N(Cc1ccccc1)C(C)C)N[C@@H](C)C(=O)O. The lowest BCUT2D eigenvalue weighted by atomic mass is 10.2. The van der Waals surface area contributed by atoms with E-state index in [1.165, 1.54) is 18.7 Å². The maximum absolute atomic E-state index is 12.7. The van der Waals surface area contributed by atoms with E-state index in [0.29, 0.717) is 6.54 Å². The van der Waals surface area contributed by atoms with Crippen LogP contribution in [0.2, 0.25) is 0 Å². The first-order valence-corrected chi connectivity index (χ1v) is 10.5. The lowest BCUT2D eigenvalue weighted by Crippen LogP contribution is -2.48. The highest BCUT2D eigenvalue weighted by molar-refractivity contribution is 8.00. The van der Waals surface area contributed by atoms with Crippen molar-refractivity contribution >= 4 is 29.6 Å². The third-order valence-electron chi connectivity index (χ3n) is 4.04. The number of nitrogens with zero attached hydrogens (tertiary/aromatic N) is 1. The second-order valence-electron chi connectivity index (χ2n) is 6.65. The molecule has 0 spiro atoms. The maximum atomic E-state index is 12.7. The summed E-state index contributed by atoms with van der Waals surface area (Å²) in [6, 6.07) is 8.12. The molecule has 0 aliphatic carbocycles. The molecule has 0 aliphatic heterocycles. The third kappa shape index (κ3) is 8.31. The van der Waals surface area contributed by atoms with Gasteiger partial charge in [-0.2, -0.15) is 0 Å². The fraction of sp³-hybridized carbons (Fsp3) is 0.550. The second kappa shape index (κ2) is 12.4. The van der Waals surface area contributed by atoms with Gasteiger partial charge in [-0.05, 0) is 33.3 Å². The minimum Gasteiger partial charge on any atom is -0.480 e. The number of amides is 1. The van der Waals surface area contributed by atoms with Crippen molar-refractivity contribution in [3.05, 3.63) is 35.9 Å². The first-order chi connectivity index (χ1) is 13.3. The Bertz CT molecular complexity index is 639. The fourth-order valence-corrected chi connectivity index (χ4v) is 3.41. The van der Waals surface area contributed by atoms with Crippen LogP contribution in [-0.4, -0.2) is 64.1 Å². The summed E-state index contributed by atoms with van der Waals surface area (Å²) in [7, 11) is 0. The van der Waals surface area contributed by atoms with Crippen LogP contribution in [0, 0.1) is 0 Å². The molecule has 1 amide bonds. The van der Waals surface area contributed by atoms with Gasteiger partial charge in [-0.25, -0.2) is 0 Å². The third-order valence-corrected chi connectivity index (χ3v) is 5.06. The Hall–Kier alpha value is -2.06. The van der Waals surface area contributed by atoms with Crippen molar-refractivity contribution in [1.29, 1.82) is 0 Å². The van der Waals surface area contributed by atoms with Gasteiger partial charge in [0.15, 0.2) is 0 Å². The zero-order valence-electron chi connectivity index (χ0n) is 16.9. The van der Waals surface area contributed by atoms with Gasteiger partial charge in [0.25, 0.3) is 0 Å². The second-order valence-corrected chi connectivity index (χ2v) is 7.68. The van der Waals surface area contributed by atoms with E-state index >= 15 is 0 Å². The number of benzene rings is 1. The molecule has 0 bridgehead atoms. The molecule has 7 nitrogen and oxygen atoms in total. The Morgan fingerprint density at radius 2 is 1.82 bits per heavy atom. The Morgan fingerprint density at radius 1 is 1.18 bits per heavy atom. The van der Waals surface area contributed by atoms with Crippen molar-refractivity contribution in [1.82, 2.24) is 10.2 Å². The van der Waals surface area contributed by atoms with Gasteiger partial charge >= 0.3 is 11.9 Å². The van der Waals surface area contributed by atoms with Crippen LogP contribution in [0.15, 0.2) is 30.3 Å². The molecular formula is C20H30N2O5S. The van der Waals surface area contributed by atoms with Crippen LogP contribution < -0.4 is 5.32 Å². The van der Waals surface area contributed by atoms with Gasteiger partial charge in [-0.1, -0.05) is 30.3 Å². The Kier molecular flexibility index (Phi) is 10.6. The van der Waals surface area contributed by atoms with E-state index in [9.17, 15) is 14.4 Å². The molecule has 0 heterocycles. The molecule has 0 fully saturated rings. The van der Waals surface area contributed by atoms with E-state index in [4.69, 9.17) is 9.84 Å². The Balaban J connectivity index is 2.64. The average Bonchev–Trinajstić information content (AvgIpc) is 2.65. The van der Waals surface area contributed by atoms with Crippen LogP contribution in [-0.2, 0) is 25.7 Å². The van der Waals surface area contributed by atoms with Gasteiger partial charge < -0.3 is 14.7 Å². The molecule has 0 saturated carbocycles. The van der Waals surface area contributed by atoms with Gasteiger partial charge in [-0.3, -0.25) is 19.7 Å². The van der Waals surface area contributed by atoms with E-state index in [0.717, 1.165) is 5.56 Å². The summed E-state index contributed by atoms with van der Waals surface area (Å²) >= 11 is 1.29. The van der Waals surface area contributed by atoms with E-state index in [2.05, 4.69) is 5.32 Å². The largest absolute Gasteiger partial charge is 0.480 e. The summed E-state index contributed by atoms with van der Waals surface area (Å²) in [6.45, 7) is 7.81. The molecule has 0 saturated heterocycles. The monoisotopic (exact) mass is 410 g/mol. The molecule has 156 valence electrons. The van der Waals surface area contributed by atoms with Crippen LogP contribution in [0.1, 0.15) is 33.3 Å². The van der Waals surface area contributed by atoms with Crippen molar-refractivity contribution in [2.45, 2.75) is 52.4 Å². The summed E-state index contributed by atoms with van der Waals surface area (Å²) in [4.78, 5) is 37.6. The topological polar surface area (TPSA) is 95.9 Å². The highest BCUT2D eigenvalue weighted by Gasteiger charge is 2.25. The van der Waals surface area contributed by atoms with Crippen LogP contribution >= 0.6 is 11.8 Å². The summed E-state index contributed by atoms with van der Waals surface area (Å²) < 4.78 is 5.00. The molecule has 1 rings (SSSR count). The molecule has 8 heteroatoms. The summed E-state index contributed by atoms with van der Waals surface area (Å²) in [6.07, 6.45) is 0. The Labute approximate surface area is 170 Å². The summed E-state index contributed by atoms with van der Waals surface area (Å²) in [5.74, 6) is -1.15. The minimum atomic E-state index is -1.05. The van der Waals surface area contributed by atoms with Gasteiger partial charge in [0.05, 0.1) is 12.4 Å². The molecular weight excluding hydrogens is 380 g/mol. The zero-order valence-corrected chi connectivity index (χ0v) is 17.7. The zero-order chi connectivity index (χ0) is 21.1. The maximum Gasteiger partial charge on any atom is 0.324 e. The number of rotatable bonds is 12. The van der Waals surface area contributed by atoms with Crippen molar-refractivity contribution in [2.75, 3.05) is 18.1 Å². The predicted octanol–water partition coefficient (Wildman–Crippen LogP) is 2.15. The molecule has 2 N–H and O–H groups in total.